The van der Waals surface area contributed by atoms with Gasteiger partial charge in [-0.1, -0.05) is 6.92 Å². The van der Waals surface area contributed by atoms with Gasteiger partial charge in [0, 0.05) is 36.8 Å². The molecule has 4 nitrogen and oxygen atoms in total. The summed E-state index contributed by atoms with van der Waals surface area (Å²) in [6.45, 7) is 6.01. The lowest BCUT2D eigenvalue weighted by Crippen LogP contribution is -2.44. The lowest BCUT2D eigenvalue weighted by atomic mass is 9.93. The fourth-order valence-corrected chi connectivity index (χ4v) is 3.58. The summed E-state index contributed by atoms with van der Waals surface area (Å²) in [5.41, 5.74) is 1.62. The molecule has 2 amide bonds. The molecule has 1 aromatic rings. The number of anilines is 1. The number of hydrogen-bond donors (Lipinski definition) is 0. The Morgan fingerprint density at radius 1 is 1.14 bits per heavy atom. The first kappa shape index (κ1) is 15.1. The van der Waals surface area contributed by atoms with E-state index in [4.69, 9.17) is 0 Å². The third-order valence-electron chi connectivity index (χ3n) is 4.90. The maximum Gasteiger partial charge on any atom is 0.254 e. The summed E-state index contributed by atoms with van der Waals surface area (Å²) in [5, 5.41) is 0. The summed E-state index contributed by atoms with van der Waals surface area (Å²) in [6.07, 6.45) is 3.70. The molecule has 22 heavy (non-hydrogen) atoms. The van der Waals surface area contributed by atoms with Crippen LogP contribution in [0.5, 0.6) is 0 Å². The Labute approximate surface area is 132 Å². The molecule has 0 unspecified atom stereocenters. The van der Waals surface area contributed by atoms with E-state index >= 15 is 0 Å². The number of carbonyl (C=O) groups excluding carboxylic acids is 2. The van der Waals surface area contributed by atoms with E-state index < -0.39 is 0 Å². The van der Waals surface area contributed by atoms with Gasteiger partial charge in [0.2, 0.25) is 5.91 Å². The molecule has 3 rings (SSSR count). The van der Waals surface area contributed by atoms with Crippen LogP contribution >= 0.6 is 0 Å². The van der Waals surface area contributed by atoms with E-state index in [1.54, 1.807) is 4.90 Å². The van der Waals surface area contributed by atoms with Crippen LogP contribution in [0.25, 0.3) is 0 Å². The van der Waals surface area contributed by atoms with Gasteiger partial charge in [-0.3, -0.25) is 9.59 Å². The van der Waals surface area contributed by atoms with E-state index in [9.17, 15) is 9.59 Å². The first-order valence-corrected chi connectivity index (χ1v) is 8.27. The molecule has 4 heteroatoms. The van der Waals surface area contributed by atoms with Gasteiger partial charge in [0.25, 0.3) is 5.91 Å². The third-order valence-corrected chi connectivity index (χ3v) is 4.90. The number of hydrogen-bond acceptors (Lipinski definition) is 2. The molecule has 2 aliphatic heterocycles. The minimum Gasteiger partial charge on any atom is -0.336 e. The molecule has 2 atom stereocenters. The van der Waals surface area contributed by atoms with Crippen LogP contribution in [-0.4, -0.2) is 35.8 Å². The zero-order valence-electron chi connectivity index (χ0n) is 13.4. The number of likely N-dealkylation sites (tertiary alicyclic amines) is 1. The first-order valence-electron chi connectivity index (χ1n) is 8.27. The predicted molar refractivity (Wildman–Crippen MR) is 86.9 cm³/mol. The topological polar surface area (TPSA) is 40.6 Å². The second kappa shape index (κ2) is 6.11. The van der Waals surface area contributed by atoms with Gasteiger partial charge in [0.1, 0.15) is 0 Å². The highest BCUT2D eigenvalue weighted by Gasteiger charge is 2.28. The largest absolute Gasteiger partial charge is 0.336 e. The molecule has 2 fully saturated rings. The highest BCUT2D eigenvalue weighted by atomic mass is 16.2. The van der Waals surface area contributed by atoms with Gasteiger partial charge >= 0.3 is 0 Å². The van der Waals surface area contributed by atoms with Crippen LogP contribution < -0.4 is 4.90 Å². The zero-order valence-corrected chi connectivity index (χ0v) is 13.4. The van der Waals surface area contributed by atoms with Crippen molar-refractivity contribution in [2.45, 2.75) is 45.6 Å². The average molecular weight is 300 g/mol. The smallest absolute Gasteiger partial charge is 0.254 e. The van der Waals surface area contributed by atoms with Crippen molar-refractivity contribution < 1.29 is 9.59 Å². The van der Waals surface area contributed by atoms with Crippen molar-refractivity contribution in [1.82, 2.24) is 4.90 Å². The van der Waals surface area contributed by atoms with Crippen LogP contribution in [0.1, 0.15) is 49.9 Å². The normalized spacial score (nSPS) is 25.6. The number of piperidine rings is 1. The molecule has 0 spiro atoms. The maximum atomic E-state index is 12.7. The summed E-state index contributed by atoms with van der Waals surface area (Å²) < 4.78 is 0. The molecular weight excluding hydrogens is 276 g/mol. The number of benzene rings is 1. The molecule has 2 aliphatic rings. The molecule has 0 radical (unpaired) electrons. The molecule has 2 saturated heterocycles. The Balaban J connectivity index is 1.72. The van der Waals surface area contributed by atoms with Crippen LogP contribution in [0.2, 0.25) is 0 Å². The van der Waals surface area contributed by atoms with E-state index in [1.165, 1.54) is 0 Å². The van der Waals surface area contributed by atoms with Gasteiger partial charge in [-0.25, -0.2) is 0 Å². The molecular formula is C18H24N2O2. The van der Waals surface area contributed by atoms with E-state index in [0.717, 1.165) is 43.6 Å². The van der Waals surface area contributed by atoms with Gasteiger partial charge in [0.05, 0.1) is 0 Å². The fourth-order valence-electron chi connectivity index (χ4n) is 3.58. The molecule has 0 bridgehead atoms. The molecule has 1 aromatic carbocycles. The minimum absolute atomic E-state index is 0.110. The van der Waals surface area contributed by atoms with Crippen LogP contribution in [0.15, 0.2) is 24.3 Å². The van der Waals surface area contributed by atoms with E-state index in [2.05, 4.69) is 13.8 Å². The van der Waals surface area contributed by atoms with Crippen LogP contribution in [0.4, 0.5) is 5.69 Å². The Bertz CT molecular complexity index is 567. The van der Waals surface area contributed by atoms with Gasteiger partial charge in [0.15, 0.2) is 0 Å². The fraction of sp³-hybridized carbons (Fsp3) is 0.556. The number of rotatable bonds is 2. The molecule has 0 saturated carbocycles. The van der Waals surface area contributed by atoms with Crippen molar-refractivity contribution in [2.24, 2.45) is 5.92 Å². The Hall–Kier alpha value is -1.84. The van der Waals surface area contributed by atoms with Gasteiger partial charge in [-0.2, -0.15) is 0 Å². The van der Waals surface area contributed by atoms with E-state index in [-0.39, 0.29) is 11.8 Å². The predicted octanol–water partition coefficient (Wildman–Crippen LogP) is 3.07. The minimum atomic E-state index is 0.110. The zero-order chi connectivity index (χ0) is 15.7. The number of carbonyl (C=O) groups is 2. The standard InChI is InChI=1S/C18H24N2O2/c1-13-9-11-19(14(2)12-13)18(22)15-5-7-16(8-6-15)20-10-3-4-17(20)21/h5-8,13-14H,3-4,9-12H2,1-2H3/t13-,14-/m0/s1. The van der Waals surface area contributed by atoms with Crippen molar-refractivity contribution in [3.63, 3.8) is 0 Å². The van der Waals surface area contributed by atoms with Crippen LogP contribution in [0.3, 0.4) is 0 Å². The lowest BCUT2D eigenvalue weighted by molar-refractivity contribution is -0.117. The summed E-state index contributed by atoms with van der Waals surface area (Å²) in [7, 11) is 0. The molecule has 0 N–H and O–H groups in total. The lowest BCUT2D eigenvalue weighted by Gasteiger charge is -2.36. The summed E-state index contributed by atoms with van der Waals surface area (Å²) in [6, 6.07) is 7.81. The quantitative estimate of drug-likeness (QED) is 0.842. The van der Waals surface area contributed by atoms with Crippen LogP contribution in [0, 0.1) is 5.92 Å². The SMILES string of the molecule is C[C@H]1CCN(C(=O)c2ccc(N3CCCC3=O)cc2)[C@@H](C)C1. The van der Waals surface area contributed by atoms with Crippen molar-refractivity contribution in [1.29, 1.82) is 0 Å². The van der Waals surface area contributed by atoms with Crippen molar-refractivity contribution in [3.05, 3.63) is 29.8 Å². The Kier molecular flexibility index (Phi) is 4.19. The molecule has 0 aromatic heterocycles. The summed E-state index contributed by atoms with van der Waals surface area (Å²) in [4.78, 5) is 28.2. The number of amides is 2. The van der Waals surface area contributed by atoms with E-state index in [1.807, 2.05) is 29.2 Å². The average Bonchev–Trinajstić information content (AvgIpc) is 2.93. The maximum absolute atomic E-state index is 12.7. The van der Waals surface area contributed by atoms with Crippen LogP contribution in [-0.2, 0) is 4.79 Å². The van der Waals surface area contributed by atoms with Crippen molar-refractivity contribution >= 4 is 17.5 Å². The van der Waals surface area contributed by atoms with E-state index in [0.29, 0.717) is 18.4 Å². The summed E-state index contributed by atoms with van der Waals surface area (Å²) in [5.74, 6) is 0.985. The Morgan fingerprint density at radius 2 is 1.86 bits per heavy atom. The van der Waals surface area contributed by atoms with Crippen molar-refractivity contribution in [2.75, 3.05) is 18.0 Å². The monoisotopic (exact) mass is 300 g/mol. The Morgan fingerprint density at radius 3 is 2.45 bits per heavy atom. The second-order valence-electron chi connectivity index (χ2n) is 6.67. The highest BCUT2D eigenvalue weighted by molar-refractivity contribution is 5.97. The number of nitrogens with zero attached hydrogens (tertiary/aromatic N) is 2. The molecule has 118 valence electrons. The summed E-state index contributed by atoms with van der Waals surface area (Å²) >= 11 is 0. The van der Waals surface area contributed by atoms with Gasteiger partial charge in [-0.05, 0) is 56.4 Å². The van der Waals surface area contributed by atoms with Gasteiger partial charge < -0.3 is 9.80 Å². The first-order chi connectivity index (χ1) is 10.6. The molecule has 2 heterocycles. The van der Waals surface area contributed by atoms with Crippen molar-refractivity contribution in [3.8, 4) is 0 Å². The highest BCUT2D eigenvalue weighted by Crippen LogP contribution is 2.25. The van der Waals surface area contributed by atoms with Gasteiger partial charge in [-0.15, -0.1) is 0 Å². The third kappa shape index (κ3) is 2.87. The molecule has 0 aliphatic carbocycles. The second-order valence-corrected chi connectivity index (χ2v) is 6.67.